The van der Waals surface area contributed by atoms with E-state index in [2.05, 4.69) is 10.3 Å². The summed E-state index contributed by atoms with van der Waals surface area (Å²) in [6.45, 7) is 0. The summed E-state index contributed by atoms with van der Waals surface area (Å²) in [6, 6.07) is 8.18. The van der Waals surface area contributed by atoms with Gasteiger partial charge in [0.25, 0.3) is 5.69 Å². The van der Waals surface area contributed by atoms with E-state index in [-0.39, 0.29) is 22.2 Å². The Kier molecular flexibility index (Phi) is 5.49. The molecule has 0 saturated carbocycles. The highest BCUT2D eigenvalue weighted by Gasteiger charge is 2.10. The Morgan fingerprint density at radius 3 is 2.42 bits per heavy atom. The van der Waals surface area contributed by atoms with Crippen molar-refractivity contribution in [2.45, 2.75) is 9.92 Å². The summed E-state index contributed by atoms with van der Waals surface area (Å²) >= 11 is 1.11. The van der Waals surface area contributed by atoms with E-state index in [4.69, 9.17) is 5.14 Å². The van der Waals surface area contributed by atoms with Gasteiger partial charge in [0.2, 0.25) is 15.9 Å². The Balaban J connectivity index is 1.90. The fourth-order valence-electron chi connectivity index (χ4n) is 1.63. The molecule has 24 heavy (non-hydrogen) atoms. The molecular weight excluding hydrogens is 356 g/mol. The van der Waals surface area contributed by atoms with Crippen molar-refractivity contribution in [1.82, 2.24) is 4.98 Å². The number of nitro groups is 1. The predicted octanol–water partition coefficient (Wildman–Crippen LogP) is 1.37. The van der Waals surface area contributed by atoms with Gasteiger partial charge in [-0.05, 0) is 30.3 Å². The molecule has 2 rings (SSSR count). The first-order chi connectivity index (χ1) is 11.3. The van der Waals surface area contributed by atoms with Crippen molar-refractivity contribution in [1.29, 1.82) is 0 Å². The zero-order valence-corrected chi connectivity index (χ0v) is 13.7. The Morgan fingerprint density at radius 2 is 1.92 bits per heavy atom. The minimum absolute atomic E-state index is 0.0434. The number of primary sulfonamides is 1. The molecule has 3 N–H and O–H groups in total. The molecule has 0 bridgehead atoms. The fourth-order valence-corrected chi connectivity index (χ4v) is 2.79. The van der Waals surface area contributed by atoms with E-state index in [1.165, 1.54) is 36.4 Å². The third-order valence-corrected chi connectivity index (χ3v) is 4.62. The van der Waals surface area contributed by atoms with Gasteiger partial charge < -0.3 is 5.32 Å². The van der Waals surface area contributed by atoms with Crippen molar-refractivity contribution >= 4 is 39.1 Å². The van der Waals surface area contributed by atoms with Crippen LogP contribution in [-0.4, -0.2) is 30.0 Å². The van der Waals surface area contributed by atoms with Crippen LogP contribution in [0.2, 0.25) is 0 Å². The predicted molar refractivity (Wildman–Crippen MR) is 88.1 cm³/mol. The first kappa shape index (κ1) is 17.8. The van der Waals surface area contributed by atoms with Gasteiger partial charge in [0.1, 0.15) is 6.20 Å². The minimum atomic E-state index is -3.78. The largest absolute Gasteiger partial charge is 0.325 e. The van der Waals surface area contributed by atoms with Crippen molar-refractivity contribution in [2.24, 2.45) is 5.14 Å². The summed E-state index contributed by atoms with van der Waals surface area (Å²) in [4.78, 5) is 25.6. The third kappa shape index (κ3) is 5.01. The summed E-state index contributed by atoms with van der Waals surface area (Å²) in [5, 5.41) is 18.6. The molecule has 0 aliphatic rings. The summed E-state index contributed by atoms with van der Waals surface area (Å²) in [5.74, 6) is -0.287. The molecular formula is C13H12N4O5S2. The molecule has 1 aromatic heterocycles. The van der Waals surface area contributed by atoms with E-state index in [0.717, 1.165) is 18.0 Å². The van der Waals surface area contributed by atoms with E-state index in [1.54, 1.807) is 0 Å². The van der Waals surface area contributed by atoms with Gasteiger partial charge in [-0.25, -0.2) is 18.5 Å². The van der Waals surface area contributed by atoms with E-state index in [1.807, 2.05) is 0 Å². The number of carbonyl (C=O) groups is 1. The number of nitrogens with two attached hydrogens (primary N) is 1. The molecule has 2 aromatic rings. The number of nitrogens with zero attached hydrogens (tertiary/aromatic N) is 2. The quantitative estimate of drug-likeness (QED) is 0.445. The number of thioether (sulfide) groups is 1. The number of anilines is 1. The lowest BCUT2D eigenvalue weighted by atomic mass is 10.3. The number of carbonyl (C=O) groups excluding carboxylic acids is 1. The highest BCUT2D eigenvalue weighted by molar-refractivity contribution is 7.99. The van der Waals surface area contributed by atoms with Crippen LogP contribution >= 0.6 is 11.8 Å². The zero-order valence-electron chi connectivity index (χ0n) is 12.1. The maximum absolute atomic E-state index is 11.8. The van der Waals surface area contributed by atoms with Crippen LogP contribution in [0.1, 0.15) is 0 Å². The average Bonchev–Trinajstić information content (AvgIpc) is 2.53. The maximum Gasteiger partial charge on any atom is 0.287 e. The Morgan fingerprint density at radius 1 is 1.25 bits per heavy atom. The molecule has 0 saturated heterocycles. The SMILES string of the molecule is NS(=O)(=O)c1ccc(NC(=O)CSc2ccc([N+](=O)[O-])cn2)cc1. The van der Waals surface area contributed by atoms with Crippen LogP contribution in [0, 0.1) is 10.1 Å². The smallest absolute Gasteiger partial charge is 0.287 e. The monoisotopic (exact) mass is 368 g/mol. The third-order valence-electron chi connectivity index (χ3n) is 2.75. The lowest BCUT2D eigenvalue weighted by Crippen LogP contribution is -2.15. The molecule has 0 atom stereocenters. The second-order valence-electron chi connectivity index (χ2n) is 4.52. The average molecular weight is 368 g/mol. The van der Waals surface area contributed by atoms with Gasteiger partial charge >= 0.3 is 0 Å². The number of pyridine rings is 1. The van der Waals surface area contributed by atoms with Gasteiger partial charge in [0.15, 0.2) is 0 Å². The molecule has 1 amide bonds. The Bertz CT molecular complexity index is 851. The number of nitrogens with one attached hydrogen (secondary N) is 1. The first-order valence-electron chi connectivity index (χ1n) is 6.41. The van der Waals surface area contributed by atoms with Crippen molar-refractivity contribution in [3.05, 3.63) is 52.7 Å². The minimum Gasteiger partial charge on any atom is -0.325 e. The van der Waals surface area contributed by atoms with Crippen molar-refractivity contribution in [3.8, 4) is 0 Å². The van der Waals surface area contributed by atoms with Gasteiger partial charge in [-0.3, -0.25) is 14.9 Å². The second kappa shape index (κ2) is 7.38. The highest BCUT2D eigenvalue weighted by atomic mass is 32.2. The van der Waals surface area contributed by atoms with E-state index in [9.17, 15) is 23.3 Å². The zero-order chi connectivity index (χ0) is 17.7. The van der Waals surface area contributed by atoms with Gasteiger partial charge in [0, 0.05) is 11.8 Å². The normalized spacial score (nSPS) is 11.0. The van der Waals surface area contributed by atoms with Crippen LogP contribution in [0.3, 0.4) is 0 Å². The van der Waals surface area contributed by atoms with E-state index in [0.29, 0.717) is 10.7 Å². The van der Waals surface area contributed by atoms with Gasteiger partial charge in [-0.2, -0.15) is 0 Å². The van der Waals surface area contributed by atoms with Gasteiger partial charge in [-0.15, -0.1) is 0 Å². The molecule has 126 valence electrons. The topological polar surface area (TPSA) is 145 Å². The van der Waals surface area contributed by atoms with Crippen LogP contribution in [0.5, 0.6) is 0 Å². The fraction of sp³-hybridized carbons (Fsp3) is 0.0769. The number of amides is 1. The molecule has 0 aliphatic heterocycles. The Hall–Kier alpha value is -2.50. The second-order valence-corrected chi connectivity index (χ2v) is 7.08. The number of rotatable bonds is 6. The number of aromatic nitrogens is 1. The lowest BCUT2D eigenvalue weighted by molar-refractivity contribution is -0.385. The highest BCUT2D eigenvalue weighted by Crippen LogP contribution is 2.19. The number of hydrogen-bond donors (Lipinski definition) is 2. The molecule has 1 aromatic carbocycles. The van der Waals surface area contributed by atoms with Crippen LogP contribution in [0.25, 0.3) is 0 Å². The van der Waals surface area contributed by atoms with Gasteiger partial charge in [0.05, 0.1) is 20.6 Å². The van der Waals surface area contributed by atoms with Crippen LogP contribution in [0.15, 0.2) is 52.5 Å². The lowest BCUT2D eigenvalue weighted by Gasteiger charge is -2.05. The number of hydrogen-bond acceptors (Lipinski definition) is 7. The number of sulfonamides is 1. The Labute approximate surface area is 141 Å². The van der Waals surface area contributed by atoms with Crippen molar-refractivity contribution in [3.63, 3.8) is 0 Å². The van der Waals surface area contributed by atoms with Crippen LogP contribution < -0.4 is 10.5 Å². The van der Waals surface area contributed by atoms with E-state index >= 15 is 0 Å². The molecule has 0 fully saturated rings. The molecule has 0 spiro atoms. The van der Waals surface area contributed by atoms with Crippen molar-refractivity contribution < 1.29 is 18.1 Å². The molecule has 0 aliphatic carbocycles. The number of benzene rings is 1. The summed E-state index contributed by atoms with van der Waals surface area (Å²) < 4.78 is 22.3. The van der Waals surface area contributed by atoms with Crippen LogP contribution in [0.4, 0.5) is 11.4 Å². The summed E-state index contributed by atoms with van der Waals surface area (Å²) in [6.07, 6.45) is 1.12. The molecule has 11 heteroatoms. The maximum atomic E-state index is 11.8. The van der Waals surface area contributed by atoms with Crippen LogP contribution in [-0.2, 0) is 14.8 Å². The summed E-state index contributed by atoms with van der Waals surface area (Å²) in [5.41, 5.74) is 0.295. The molecule has 9 nitrogen and oxygen atoms in total. The standard InChI is InChI=1S/C13H12N4O5S2/c14-24(21,22)11-4-1-9(2-5-11)16-12(18)8-23-13-6-3-10(7-15-13)17(19)20/h1-7H,8H2,(H,16,18)(H2,14,21,22). The van der Waals surface area contributed by atoms with Gasteiger partial charge in [-0.1, -0.05) is 11.8 Å². The van der Waals surface area contributed by atoms with Crippen molar-refractivity contribution in [2.75, 3.05) is 11.1 Å². The molecule has 1 heterocycles. The van der Waals surface area contributed by atoms with E-state index < -0.39 is 14.9 Å². The molecule has 0 radical (unpaired) electrons. The molecule has 0 unspecified atom stereocenters. The summed E-state index contributed by atoms with van der Waals surface area (Å²) in [7, 11) is -3.78. The first-order valence-corrected chi connectivity index (χ1v) is 8.95.